The molecule has 4 rings (SSSR count). The predicted molar refractivity (Wildman–Crippen MR) is 137 cm³/mol. The van der Waals surface area contributed by atoms with E-state index in [0.29, 0.717) is 31.2 Å². The number of amides is 2. The molecule has 0 spiro atoms. The number of carboxylic acid groups (broad SMARTS) is 1. The van der Waals surface area contributed by atoms with Gasteiger partial charge in [0.25, 0.3) is 0 Å². The molecule has 3 aromatic rings. The van der Waals surface area contributed by atoms with Crippen molar-refractivity contribution in [1.29, 1.82) is 0 Å². The number of halogens is 2. The van der Waals surface area contributed by atoms with Gasteiger partial charge in [0.2, 0.25) is 5.91 Å². The van der Waals surface area contributed by atoms with E-state index in [0.717, 1.165) is 26.8 Å². The number of carbonyl (C=O) groups excluding carboxylic acids is 1. The summed E-state index contributed by atoms with van der Waals surface area (Å²) in [4.78, 5) is 38.5. The molecule has 1 fully saturated rings. The Morgan fingerprint density at radius 3 is 2.47 bits per heavy atom. The van der Waals surface area contributed by atoms with E-state index in [9.17, 15) is 14.7 Å². The second kappa shape index (κ2) is 10.2. The average molecular weight is 549 g/mol. The van der Waals surface area contributed by atoms with Crippen LogP contribution in [0.2, 0.25) is 5.02 Å². The molecule has 0 aliphatic carbocycles. The Kier molecular flexibility index (Phi) is 7.33. The zero-order valence-corrected chi connectivity index (χ0v) is 21.4. The summed E-state index contributed by atoms with van der Waals surface area (Å²) in [5, 5.41) is 11.3. The molecule has 1 atom stereocenters. The van der Waals surface area contributed by atoms with Crippen molar-refractivity contribution in [2.75, 3.05) is 37.6 Å². The van der Waals surface area contributed by atoms with Crippen molar-refractivity contribution in [1.82, 2.24) is 19.8 Å². The maximum absolute atomic E-state index is 13.7. The van der Waals surface area contributed by atoms with Gasteiger partial charge in [0.15, 0.2) is 0 Å². The molecule has 2 aromatic heterocycles. The minimum Gasteiger partial charge on any atom is -0.465 e. The zero-order chi connectivity index (χ0) is 24.4. The molecule has 1 aromatic carbocycles. The predicted octanol–water partition coefficient (Wildman–Crippen LogP) is 4.80. The number of rotatable bonds is 6. The number of nitrogens with zero attached hydrogens (tertiary/aromatic N) is 4. The van der Waals surface area contributed by atoms with Gasteiger partial charge >= 0.3 is 6.09 Å². The van der Waals surface area contributed by atoms with Gasteiger partial charge in [-0.15, -0.1) is 0 Å². The number of H-pyrrole nitrogens is 1. The summed E-state index contributed by atoms with van der Waals surface area (Å²) in [6.45, 7) is 6.11. The van der Waals surface area contributed by atoms with Crippen LogP contribution in [0.25, 0.3) is 11.0 Å². The maximum Gasteiger partial charge on any atom is 0.407 e. The van der Waals surface area contributed by atoms with Crippen molar-refractivity contribution in [2.45, 2.75) is 25.8 Å². The van der Waals surface area contributed by atoms with E-state index in [2.05, 4.69) is 30.8 Å². The van der Waals surface area contributed by atoms with Crippen LogP contribution < -0.4 is 4.90 Å². The molecule has 1 saturated heterocycles. The fraction of sp³-hybridized carbons (Fsp3) is 0.375. The summed E-state index contributed by atoms with van der Waals surface area (Å²) in [5.41, 5.74) is 2.64. The fourth-order valence-electron chi connectivity index (χ4n) is 4.39. The van der Waals surface area contributed by atoms with Gasteiger partial charge in [-0.25, -0.2) is 9.78 Å². The van der Waals surface area contributed by atoms with Gasteiger partial charge in [0.05, 0.1) is 16.1 Å². The van der Waals surface area contributed by atoms with E-state index in [1.54, 1.807) is 30.5 Å². The number of pyridine rings is 1. The molecule has 8 nitrogen and oxygen atoms in total. The average Bonchev–Trinajstić information content (AvgIpc) is 3.28. The molecule has 2 amide bonds. The molecule has 0 saturated carbocycles. The number of benzene rings is 1. The molecule has 2 N–H and O–H groups in total. The van der Waals surface area contributed by atoms with Crippen molar-refractivity contribution < 1.29 is 14.7 Å². The Morgan fingerprint density at radius 1 is 1.18 bits per heavy atom. The molecule has 0 radical (unpaired) electrons. The van der Waals surface area contributed by atoms with Crippen LogP contribution in [0.4, 0.5) is 10.5 Å². The SMILES string of the molecule is CC(C)N(CC(C(=O)N1CCN(c2c(Br)cnc3[nH]ccc23)CC1)c1ccc(Cl)cc1)C(=O)O. The van der Waals surface area contributed by atoms with Crippen LogP contribution in [-0.2, 0) is 4.79 Å². The number of fused-ring (bicyclic) bond motifs is 1. The molecule has 1 aliphatic rings. The number of carbonyl (C=O) groups is 2. The number of aromatic nitrogens is 2. The molecule has 180 valence electrons. The molecular formula is C24H27BrClN5O3. The van der Waals surface area contributed by atoms with E-state index < -0.39 is 12.0 Å². The third-order valence-electron chi connectivity index (χ3n) is 6.24. The first kappa shape index (κ1) is 24.3. The van der Waals surface area contributed by atoms with Crippen LogP contribution in [0.1, 0.15) is 25.3 Å². The van der Waals surface area contributed by atoms with Gasteiger partial charge in [-0.1, -0.05) is 23.7 Å². The Labute approximate surface area is 211 Å². The van der Waals surface area contributed by atoms with E-state index in [4.69, 9.17) is 11.6 Å². The first-order valence-corrected chi connectivity index (χ1v) is 12.3. The number of piperazine rings is 1. The van der Waals surface area contributed by atoms with E-state index >= 15 is 0 Å². The Bertz CT molecular complexity index is 1180. The van der Waals surface area contributed by atoms with Gasteiger partial charge in [-0.2, -0.15) is 0 Å². The molecule has 0 bridgehead atoms. The lowest BCUT2D eigenvalue weighted by Crippen LogP contribution is -2.52. The highest BCUT2D eigenvalue weighted by molar-refractivity contribution is 9.10. The first-order valence-electron chi connectivity index (χ1n) is 11.2. The highest BCUT2D eigenvalue weighted by atomic mass is 79.9. The lowest BCUT2D eigenvalue weighted by Gasteiger charge is -2.39. The summed E-state index contributed by atoms with van der Waals surface area (Å²) >= 11 is 9.68. The number of nitrogens with one attached hydrogen (secondary N) is 1. The molecule has 1 unspecified atom stereocenters. The first-order chi connectivity index (χ1) is 16.3. The van der Waals surface area contributed by atoms with E-state index in [1.165, 1.54) is 4.90 Å². The smallest absolute Gasteiger partial charge is 0.407 e. The van der Waals surface area contributed by atoms with Gasteiger partial charge in [-0.05, 0) is 53.5 Å². The Hall–Kier alpha value is -2.78. The summed E-state index contributed by atoms with van der Waals surface area (Å²) in [5.74, 6) is -0.680. The highest BCUT2D eigenvalue weighted by Gasteiger charge is 2.33. The number of hydrogen-bond acceptors (Lipinski definition) is 4. The summed E-state index contributed by atoms with van der Waals surface area (Å²) in [6, 6.07) is 8.83. The quantitative estimate of drug-likeness (QED) is 0.462. The summed E-state index contributed by atoms with van der Waals surface area (Å²) in [6.07, 6.45) is 2.62. The van der Waals surface area contributed by atoms with Gasteiger partial charge < -0.3 is 24.8 Å². The second-order valence-corrected chi connectivity index (χ2v) is 9.93. The number of anilines is 1. The van der Waals surface area contributed by atoms with Gasteiger partial charge in [0, 0.05) is 61.6 Å². The van der Waals surface area contributed by atoms with Crippen molar-refractivity contribution in [3.05, 3.63) is 57.8 Å². The van der Waals surface area contributed by atoms with Crippen molar-refractivity contribution >= 4 is 56.3 Å². The molecule has 3 heterocycles. The normalized spacial score (nSPS) is 15.1. The minimum absolute atomic E-state index is 0.0746. The summed E-state index contributed by atoms with van der Waals surface area (Å²) < 4.78 is 0.910. The zero-order valence-electron chi connectivity index (χ0n) is 19.0. The van der Waals surface area contributed by atoms with Gasteiger partial charge in [-0.3, -0.25) is 4.79 Å². The minimum atomic E-state index is -1.04. The maximum atomic E-state index is 13.7. The van der Waals surface area contributed by atoms with Crippen molar-refractivity contribution in [3.63, 3.8) is 0 Å². The molecule has 1 aliphatic heterocycles. The monoisotopic (exact) mass is 547 g/mol. The van der Waals surface area contributed by atoms with Crippen LogP contribution in [-0.4, -0.2) is 75.6 Å². The Morgan fingerprint density at radius 2 is 1.85 bits per heavy atom. The van der Waals surface area contributed by atoms with Crippen LogP contribution in [0.5, 0.6) is 0 Å². The standard InChI is InChI=1S/C24H27BrClN5O3/c1-15(2)31(24(33)34)14-19(16-3-5-17(26)6-4-16)23(32)30-11-9-29(10-12-30)21-18-7-8-27-22(18)28-13-20(21)25/h3-8,13,15,19H,9-12,14H2,1-2H3,(H,27,28)(H,33,34). The molecule has 10 heteroatoms. The Balaban J connectivity index is 1.54. The lowest BCUT2D eigenvalue weighted by atomic mass is 9.96. The highest BCUT2D eigenvalue weighted by Crippen LogP contribution is 2.34. The molecular weight excluding hydrogens is 522 g/mol. The lowest BCUT2D eigenvalue weighted by molar-refractivity contribution is -0.133. The van der Waals surface area contributed by atoms with Crippen LogP contribution >= 0.6 is 27.5 Å². The summed E-state index contributed by atoms with van der Waals surface area (Å²) in [7, 11) is 0. The third kappa shape index (κ3) is 5.00. The number of hydrogen-bond donors (Lipinski definition) is 2. The van der Waals surface area contributed by atoms with Gasteiger partial charge in [0.1, 0.15) is 5.65 Å². The fourth-order valence-corrected chi connectivity index (χ4v) is 5.08. The van der Waals surface area contributed by atoms with Crippen molar-refractivity contribution in [2.24, 2.45) is 0 Å². The van der Waals surface area contributed by atoms with E-state index in [-0.39, 0.29) is 18.5 Å². The largest absolute Gasteiger partial charge is 0.465 e. The van der Waals surface area contributed by atoms with Crippen molar-refractivity contribution in [3.8, 4) is 0 Å². The van der Waals surface area contributed by atoms with Crippen LogP contribution in [0, 0.1) is 0 Å². The molecule has 34 heavy (non-hydrogen) atoms. The van der Waals surface area contributed by atoms with Crippen LogP contribution in [0.15, 0.2) is 47.2 Å². The van der Waals surface area contributed by atoms with Crippen LogP contribution in [0.3, 0.4) is 0 Å². The number of aromatic amines is 1. The topological polar surface area (TPSA) is 92.8 Å². The third-order valence-corrected chi connectivity index (χ3v) is 7.07. The van der Waals surface area contributed by atoms with E-state index in [1.807, 2.05) is 31.0 Å². The second-order valence-electron chi connectivity index (χ2n) is 8.64.